The Hall–Kier alpha value is -2.24. The predicted molar refractivity (Wildman–Crippen MR) is 97.2 cm³/mol. The highest BCUT2D eigenvalue weighted by atomic mass is 16.7. The number of nitrogens with one attached hydrogen (secondary N) is 1. The molecule has 0 spiro atoms. The zero-order valence-corrected chi connectivity index (χ0v) is 15.0. The lowest BCUT2D eigenvalue weighted by molar-refractivity contribution is -0.122. The summed E-state index contributed by atoms with van der Waals surface area (Å²) in [4.78, 5) is 26.4. The molecule has 6 heteroatoms. The number of hydrogen-bond acceptors (Lipinski definition) is 4. The summed E-state index contributed by atoms with van der Waals surface area (Å²) in [5.74, 6) is 2.31. The van der Waals surface area contributed by atoms with Crippen molar-refractivity contribution in [3.05, 3.63) is 18.2 Å². The monoisotopic (exact) mass is 358 g/mol. The Morgan fingerprint density at radius 2 is 1.92 bits per heavy atom. The molecule has 1 aromatic rings. The van der Waals surface area contributed by atoms with Crippen LogP contribution in [0.1, 0.15) is 44.9 Å². The molecule has 140 valence electrons. The fraction of sp³-hybridized carbons (Fsp3) is 0.600. The van der Waals surface area contributed by atoms with Crippen molar-refractivity contribution in [3.8, 4) is 11.5 Å². The molecule has 1 unspecified atom stereocenters. The Bertz CT molecular complexity index is 684. The van der Waals surface area contributed by atoms with Crippen molar-refractivity contribution < 1.29 is 19.1 Å². The Labute approximate surface area is 153 Å². The van der Waals surface area contributed by atoms with E-state index in [2.05, 4.69) is 5.32 Å². The van der Waals surface area contributed by atoms with E-state index in [1.54, 1.807) is 4.90 Å². The van der Waals surface area contributed by atoms with Gasteiger partial charge in [0.1, 0.15) is 0 Å². The van der Waals surface area contributed by atoms with E-state index in [9.17, 15) is 9.59 Å². The summed E-state index contributed by atoms with van der Waals surface area (Å²) in [6, 6.07) is 5.57. The SMILES string of the molecule is O=C(CC1CCCCC1)NCC1CC(=O)N(c2ccc3c(c2)OCO3)C1. The Balaban J connectivity index is 1.28. The van der Waals surface area contributed by atoms with Gasteiger partial charge in [-0.1, -0.05) is 19.3 Å². The average molecular weight is 358 g/mol. The van der Waals surface area contributed by atoms with Gasteiger partial charge in [-0.05, 0) is 30.9 Å². The zero-order chi connectivity index (χ0) is 17.9. The van der Waals surface area contributed by atoms with Crippen LogP contribution in [0.15, 0.2) is 18.2 Å². The summed E-state index contributed by atoms with van der Waals surface area (Å²) < 4.78 is 10.7. The first-order valence-electron chi connectivity index (χ1n) is 9.66. The predicted octanol–water partition coefficient (Wildman–Crippen LogP) is 2.85. The van der Waals surface area contributed by atoms with Gasteiger partial charge in [0.25, 0.3) is 0 Å². The standard InChI is InChI=1S/C20H26N2O4/c23-19(8-14-4-2-1-3-5-14)21-11-15-9-20(24)22(12-15)16-6-7-17-18(10-16)26-13-25-17/h6-7,10,14-15H,1-5,8-9,11-13H2,(H,21,23). The highest BCUT2D eigenvalue weighted by Crippen LogP contribution is 2.37. The maximum atomic E-state index is 12.4. The molecule has 1 atom stereocenters. The molecule has 1 saturated carbocycles. The van der Waals surface area contributed by atoms with Crippen molar-refractivity contribution in [2.45, 2.75) is 44.9 Å². The second-order valence-corrected chi connectivity index (χ2v) is 7.62. The van der Waals surface area contributed by atoms with E-state index in [1.807, 2.05) is 18.2 Å². The Morgan fingerprint density at radius 1 is 1.12 bits per heavy atom. The molecule has 3 aliphatic rings. The van der Waals surface area contributed by atoms with Crippen LogP contribution in [0.5, 0.6) is 11.5 Å². The lowest BCUT2D eigenvalue weighted by atomic mass is 9.87. The molecule has 1 aromatic carbocycles. The summed E-state index contributed by atoms with van der Waals surface area (Å²) in [7, 11) is 0. The first kappa shape index (κ1) is 17.2. The van der Waals surface area contributed by atoms with Crippen molar-refractivity contribution in [2.24, 2.45) is 11.8 Å². The first-order chi connectivity index (χ1) is 12.7. The zero-order valence-electron chi connectivity index (χ0n) is 15.0. The van der Waals surface area contributed by atoms with Crippen molar-refractivity contribution in [2.75, 3.05) is 24.8 Å². The van der Waals surface area contributed by atoms with E-state index >= 15 is 0 Å². The lowest BCUT2D eigenvalue weighted by Gasteiger charge is -2.21. The molecule has 0 aromatic heterocycles. The number of amides is 2. The van der Waals surface area contributed by atoms with Crippen LogP contribution in [0.25, 0.3) is 0 Å². The van der Waals surface area contributed by atoms with Crippen LogP contribution in [0.4, 0.5) is 5.69 Å². The van der Waals surface area contributed by atoms with Crippen LogP contribution in [-0.4, -0.2) is 31.7 Å². The van der Waals surface area contributed by atoms with Gasteiger partial charge in [0, 0.05) is 43.6 Å². The molecule has 0 bridgehead atoms. The van der Waals surface area contributed by atoms with Gasteiger partial charge in [-0.15, -0.1) is 0 Å². The quantitative estimate of drug-likeness (QED) is 0.879. The fourth-order valence-electron chi connectivity index (χ4n) is 4.20. The van der Waals surface area contributed by atoms with Gasteiger partial charge in [0.15, 0.2) is 11.5 Å². The third-order valence-corrected chi connectivity index (χ3v) is 5.66. The molecule has 1 aliphatic carbocycles. The van der Waals surface area contributed by atoms with Gasteiger partial charge in [-0.2, -0.15) is 0 Å². The van der Waals surface area contributed by atoms with Crippen molar-refractivity contribution >= 4 is 17.5 Å². The number of benzene rings is 1. The number of carbonyl (C=O) groups is 2. The van der Waals surface area contributed by atoms with E-state index in [1.165, 1.54) is 32.1 Å². The number of nitrogens with zero attached hydrogens (tertiary/aromatic N) is 1. The highest BCUT2D eigenvalue weighted by molar-refractivity contribution is 5.96. The van der Waals surface area contributed by atoms with Gasteiger partial charge in [-0.25, -0.2) is 0 Å². The smallest absolute Gasteiger partial charge is 0.231 e. The summed E-state index contributed by atoms with van der Waals surface area (Å²) in [5.41, 5.74) is 0.829. The molecule has 4 rings (SSSR count). The van der Waals surface area contributed by atoms with Crippen LogP contribution in [0.3, 0.4) is 0 Å². The second kappa shape index (κ2) is 7.56. The van der Waals surface area contributed by atoms with E-state index in [0.717, 1.165) is 5.69 Å². The van der Waals surface area contributed by atoms with E-state index in [4.69, 9.17) is 9.47 Å². The third kappa shape index (κ3) is 3.79. The topological polar surface area (TPSA) is 67.9 Å². The van der Waals surface area contributed by atoms with Crippen LogP contribution in [0, 0.1) is 11.8 Å². The molecule has 2 fully saturated rings. The molecule has 26 heavy (non-hydrogen) atoms. The van der Waals surface area contributed by atoms with Crippen molar-refractivity contribution in [1.82, 2.24) is 5.32 Å². The van der Waals surface area contributed by atoms with Gasteiger partial charge in [-0.3, -0.25) is 9.59 Å². The molecule has 0 radical (unpaired) electrons. The van der Waals surface area contributed by atoms with E-state index in [0.29, 0.717) is 43.3 Å². The fourth-order valence-corrected chi connectivity index (χ4v) is 4.20. The van der Waals surface area contributed by atoms with Crippen molar-refractivity contribution in [3.63, 3.8) is 0 Å². The second-order valence-electron chi connectivity index (χ2n) is 7.62. The van der Waals surface area contributed by atoms with Gasteiger partial charge in [0.2, 0.25) is 18.6 Å². The third-order valence-electron chi connectivity index (χ3n) is 5.66. The summed E-state index contributed by atoms with van der Waals surface area (Å²) in [5, 5.41) is 3.04. The molecule has 1 N–H and O–H groups in total. The summed E-state index contributed by atoms with van der Waals surface area (Å²) in [6.45, 7) is 1.42. The number of carbonyl (C=O) groups excluding carboxylic acids is 2. The number of anilines is 1. The first-order valence-corrected chi connectivity index (χ1v) is 9.66. The summed E-state index contributed by atoms with van der Waals surface area (Å²) >= 11 is 0. The van der Waals surface area contributed by atoms with E-state index < -0.39 is 0 Å². The van der Waals surface area contributed by atoms with Crippen LogP contribution in [0.2, 0.25) is 0 Å². The maximum absolute atomic E-state index is 12.4. The molecular formula is C20H26N2O4. The summed E-state index contributed by atoms with van der Waals surface area (Å²) in [6.07, 6.45) is 7.25. The molecule has 1 saturated heterocycles. The minimum atomic E-state index is 0.0930. The Kier molecular flexibility index (Phi) is 5.00. The number of fused-ring (bicyclic) bond motifs is 1. The normalized spacial score (nSPS) is 22.7. The number of hydrogen-bond donors (Lipinski definition) is 1. The van der Waals surface area contributed by atoms with Gasteiger partial charge < -0.3 is 19.7 Å². The molecule has 2 amide bonds. The number of ether oxygens (including phenoxy) is 2. The lowest BCUT2D eigenvalue weighted by Crippen LogP contribution is -2.32. The van der Waals surface area contributed by atoms with Crippen molar-refractivity contribution in [1.29, 1.82) is 0 Å². The average Bonchev–Trinajstić information content (AvgIpc) is 3.26. The van der Waals surface area contributed by atoms with Crippen LogP contribution in [-0.2, 0) is 9.59 Å². The van der Waals surface area contributed by atoms with Crippen LogP contribution < -0.4 is 19.7 Å². The largest absolute Gasteiger partial charge is 0.454 e. The highest BCUT2D eigenvalue weighted by Gasteiger charge is 2.31. The minimum absolute atomic E-state index is 0.0930. The molecule has 6 nitrogen and oxygen atoms in total. The minimum Gasteiger partial charge on any atom is -0.454 e. The molecule has 2 aliphatic heterocycles. The van der Waals surface area contributed by atoms with Gasteiger partial charge >= 0.3 is 0 Å². The maximum Gasteiger partial charge on any atom is 0.231 e. The molecule has 2 heterocycles. The van der Waals surface area contributed by atoms with Gasteiger partial charge in [0.05, 0.1) is 0 Å². The Morgan fingerprint density at radius 3 is 2.77 bits per heavy atom. The van der Waals surface area contributed by atoms with E-state index in [-0.39, 0.29) is 24.5 Å². The number of rotatable bonds is 5. The molecular weight excluding hydrogens is 332 g/mol. The van der Waals surface area contributed by atoms with Crippen LogP contribution >= 0.6 is 0 Å².